The number of hydrogen-bond acceptors (Lipinski definition) is 7. The Hall–Kier alpha value is -1.92. The monoisotopic (exact) mass is 491 g/mol. The highest BCUT2D eigenvalue weighted by atomic mass is 35.5. The maximum absolute atomic E-state index is 13.2. The van der Waals surface area contributed by atoms with E-state index in [9.17, 15) is 18.0 Å². The predicted molar refractivity (Wildman–Crippen MR) is 118 cm³/mol. The Morgan fingerprint density at radius 1 is 1.12 bits per heavy atom. The van der Waals surface area contributed by atoms with Crippen molar-refractivity contribution in [2.45, 2.75) is 37.4 Å². The molecule has 1 saturated heterocycles. The first kappa shape index (κ1) is 26.3. The molecule has 1 fully saturated rings. The molecule has 0 saturated carbocycles. The third kappa shape index (κ3) is 6.10. The molecule has 1 aliphatic heterocycles. The van der Waals surface area contributed by atoms with E-state index >= 15 is 0 Å². The van der Waals surface area contributed by atoms with Gasteiger partial charge in [-0.1, -0.05) is 11.6 Å². The van der Waals surface area contributed by atoms with Crippen LogP contribution in [0.15, 0.2) is 23.1 Å². The zero-order chi connectivity index (χ0) is 24.3. The van der Waals surface area contributed by atoms with Crippen molar-refractivity contribution in [3.63, 3.8) is 0 Å². The van der Waals surface area contributed by atoms with E-state index in [2.05, 4.69) is 0 Å². The molecule has 32 heavy (non-hydrogen) atoms. The molecule has 0 bridgehead atoms. The molecule has 1 atom stereocenters. The largest absolute Gasteiger partial charge is 0.444 e. The summed E-state index contributed by atoms with van der Waals surface area (Å²) in [7, 11) is 0.157. The fourth-order valence-electron chi connectivity index (χ4n) is 3.09. The van der Waals surface area contributed by atoms with E-state index in [1.165, 1.54) is 48.7 Å². The number of amides is 2. The summed E-state index contributed by atoms with van der Waals surface area (Å²) in [5.74, 6) is -0.544. The van der Waals surface area contributed by atoms with Crippen LogP contribution in [0.3, 0.4) is 0 Å². The summed E-state index contributed by atoms with van der Waals surface area (Å²) in [6.45, 7) is 5.93. The Balaban J connectivity index is 2.22. The van der Waals surface area contributed by atoms with Crippen molar-refractivity contribution in [3.05, 3.63) is 28.8 Å². The molecule has 12 heteroatoms. The molecule has 2 rings (SSSR count). The molecule has 1 aromatic rings. The molecular weight excluding hydrogens is 462 g/mol. The number of likely N-dealkylation sites (N-methyl/N-ethyl adjacent to an activating group) is 1. The van der Waals surface area contributed by atoms with Crippen LogP contribution in [0.4, 0.5) is 4.79 Å². The molecule has 0 aliphatic carbocycles. The fraction of sp³-hybridized carbons (Fsp3) is 0.600. The third-order valence-electron chi connectivity index (χ3n) is 4.82. The first-order valence-corrected chi connectivity index (χ1v) is 11.8. The van der Waals surface area contributed by atoms with Crippen molar-refractivity contribution in [1.82, 2.24) is 14.3 Å². The second kappa shape index (κ2) is 10.3. The zero-order valence-electron chi connectivity index (χ0n) is 19.1. The van der Waals surface area contributed by atoms with E-state index in [0.717, 1.165) is 5.06 Å². The lowest BCUT2D eigenvalue weighted by Gasteiger charge is -2.35. The number of halogens is 1. The average Bonchev–Trinajstić information content (AvgIpc) is 2.73. The molecule has 0 spiro atoms. The van der Waals surface area contributed by atoms with E-state index in [-0.39, 0.29) is 41.7 Å². The Morgan fingerprint density at radius 2 is 1.72 bits per heavy atom. The maximum atomic E-state index is 13.2. The van der Waals surface area contributed by atoms with Gasteiger partial charge in [-0.25, -0.2) is 18.3 Å². The number of carbonyl (C=O) groups is 2. The third-order valence-corrected chi connectivity index (χ3v) is 7.06. The van der Waals surface area contributed by atoms with Gasteiger partial charge in [0.05, 0.1) is 12.0 Å². The van der Waals surface area contributed by atoms with Crippen molar-refractivity contribution in [2.24, 2.45) is 0 Å². The Labute approximate surface area is 193 Å². The predicted octanol–water partition coefficient (Wildman–Crippen LogP) is 2.29. The number of hydroxylamine groups is 2. The van der Waals surface area contributed by atoms with Gasteiger partial charge in [0, 0.05) is 50.9 Å². The van der Waals surface area contributed by atoms with Crippen LogP contribution in [0.25, 0.3) is 0 Å². The Kier molecular flexibility index (Phi) is 8.51. The molecule has 0 radical (unpaired) electrons. The van der Waals surface area contributed by atoms with Crippen molar-refractivity contribution in [1.29, 1.82) is 0 Å². The van der Waals surface area contributed by atoms with Crippen molar-refractivity contribution < 1.29 is 32.3 Å². The van der Waals surface area contributed by atoms with E-state index in [1.54, 1.807) is 20.8 Å². The van der Waals surface area contributed by atoms with E-state index in [4.69, 9.17) is 25.9 Å². The number of methoxy groups -OCH3 is 1. The minimum absolute atomic E-state index is 0.0301. The van der Waals surface area contributed by atoms with Gasteiger partial charge >= 0.3 is 6.09 Å². The smallest absolute Gasteiger partial charge is 0.410 e. The van der Waals surface area contributed by atoms with Crippen LogP contribution < -0.4 is 0 Å². The molecule has 0 aromatic heterocycles. The molecule has 1 aromatic carbocycles. The summed E-state index contributed by atoms with van der Waals surface area (Å²) in [5.41, 5.74) is -0.428. The topological polar surface area (TPSA) is 106 Å². The quantitative estimate of drug-likeness (QED) is 0.562. The van der Waals surface area contributed by atoms with Crippen LogP contribution in [0, 0.1) is 0 Å². The van der Waals surface area contributed by atoms with E-state index in [0.29, 0.717) is 0 Å². The van der Waals surface area contributed by atoms with Gasteiger partial charge in [0.25, 0.3) is 5.91 Å². The van der Waals surface area contributed by atoms with Gasteiger partial charge in [0.15, 0.2) is 6.10 Å². The van der Waals surface area contributed by atoms with Gasteiger partial charge < -0.3 is 14.4 Å². The molecule has 180 valence electrons. The van der Waals surface area contributed by atoms with Crippen molar-refractivity contribution >= 4 is 33.6 Å². The minimum Gasteiger partial charge on any atom is -0.444 e. The van der Waals surface area contributed by atoms with E-state index in [1.807, 2.05) is 0 Å². The highest BCUT2D eigenvalue weighted by Gasteiger charge is 2.33. The van der Waals surface area contributed by atoms with Gasteiger partial charge in [-0.15, -0.1) is 0 Å². The minimum atomic E-state index is -3.89. The lowest BCUT2D eigenvalue weighted by Crippen LogP contribution is -2.51. The molecule has 10 nitrogen and oxygen atoms in total. The summed E-state index contributed by atoms with van der Waals surface area (Å²) in [6.07, 6.45) is -1.63. The molecule has 2 amide bonds. The summed E-state index contributed by atoms with van der Waals surface area (Å²) in [6, 6.07) is 4.11. The summed E-state index contributed by atoms with van der Waals surface area (Å²) >= 11 is 6.25. The highest BCUT2D eigenvalue weighted by Crippen LogP contribution is 2.30. The first-order chi connectivity index (χ1) is 14.8. The van der Waals surface area contributed by atoms with Crippen LogP contribution in [0.5, 0.6) is 0 Å². The van der Waals surface area contributed by atoms with E-state index < -0.39 is 33.7 Å². The van der Waals surface area contributed by atoms with Gasteiger partial charge in [-0.2, -0.15) is 4.31 Å². The normalized spacial score (nSPS) is 16.5. The first-order valence-electron chi connectivity index (χ1n) is 9.94. The van der Waals surface area contributed by atoms with Gasteiger partial charge in [-0.3, -0.25) is 9.63 Å². The molecular formula is C20H30ClN3O7S. The molecule has 1 aliphatic rings. The van der Waals surface area contributed by atoms with Gasteiger partial charge in [0.2, 0.25) is 10.0 Å². The second-order valence-electron chi connectivity index (χ2n) is 8.19. The summed E-state index contributed by atoms with van der Waals surface area (Å²) < 4.78 is 38.3. The zero-order valence-corrected chi connectivity index (χ0v) is 20.7. The number of piperazine rings is 1. The Bertz CT molecular complexity index is 941. The average molecular weight is 492 g/mol. The lowest BCUT2D eigenvalue weighted by molar-refractivity contribution is -0.179. The summed E-state index contributed by atoms with van der Waals surface area (Å²) in [4.78, 5) is 31.1. The number of ether oxygens (including phenoxy) is 2. The van der Waals surface area contributed by atoms with Crippen LogP contribution in [-0.2, 0) is 29.1 Å². The van der Waals surface area contributed by atoms with Crippen LogP contribution in [0.2, 0.25) is 5.02 Å². The summed E-state index contributed by atoms with van der Waals surface area (Å²) in [5, 5.41) is 1.16. The fourth-order valence-corrected chi connectivity index (χ4v) is 4.76. The lowest BCUT2D eigenvalue weighted by atomic mass is 10.1. The van der Waals surface area contributed by atoms with Crippen LogP contribution >= 0.6 is 11.6 Å². The number of nitrogens with zero attached hydrogens (tertiary/aromatic N) is 3. The number of carbonyl (C=O) groups excluding carboxylic acids is 2. The molecule has 1 heterocycles. The highest BCUT2D eigenvalue weighted by molar-refractivity contribution is 7.89. The standard InChI is InChI=1S/C20H30ClN3O7S/c1-20(2,3)31-19(26)23-9-11-24(12-10-23)32(27,28)14-7-8-16(21)15(13-14)17(29-5)18(25)22(4)30-6/h7-8,13,17H,9-12H2,1-6H3. The van der Waals surface area contributed by atoms with Crippen LogP contribution in [-0.4, -0.2) is 87.7 Å². The molecule has 1 unspecified atom stereocenters. The van der Waals surface area contributed by atoms with Crippen molar-refractivity contribution in [3.8, 4) is 0 Å². The number of sulfonamides is 1. The molecule has 0 N–H and O–H groups in total. The number of rotatable bonds is 6. The van der Waals surface area contributed by atoms with Crippen molar-refractivity contribution in [2.75, 3.05) is 47.4 Å². The Morgan fingerprint density at radius 3 is 2.22 bits per heavy atom. The van der Waals surface area contributed by atoms with Gasteiger partial charge in [-0.05, 0) is 39.0 Å². The maximum Gasteiger partial charge on any atom is 0.410 e. The SMILES string of the molecule is COC(C(=O)N(C)OC)c1cc(S(=O)(=O)N2CCN(C(=O)OC(C)(C)C)CC2)ccc1Cl. The number of hydrogen-bond donors (Lipinski definition) is 0. The second-order valence-corrected chi connectivity index (χ2v) is 10.5. The number of benzene rings is 1. The van der Waals surface area contributed by atoms with Gasteiger partial charge in [0.1, 0.15) is 5.60 Å². The van der Waals surface area contributed by atoms with Crippen LogP contribution in [0.1, 0.15) is 32.4 Å².